The zero-order valence-corrected chi connectivity index (χ0v) is 10.6. The summed E-state index contributed by atoms with van der Waals surface area (Å²) in [5.74, 6) is -1.82. The van der Waals surface area contributed by atoms with Crippen molar-refractivity contribution in [2.24, 2.45) is 0 Å². The summed E-state index contributed by atoms with van der Waals surface area (Å²) < 4.78 is 18.8. The largest absolute Gasteiger partial charge is 0.479 e. The van der Waals surface area contributed by atoms with E-state index >= 15 is 0 Å². The lowest BCUT2D eigenvalue weighted by Gasteiger charge is -2.11. The number of nitrogen functional groups attached to an aromatic ring is 1. The van der Waals surface area contributed by atoms with E-state index in [4.69, 9.17) is 15.6 Å². The molecule has 0 fully saturated rings. The number of carboxylic acids is 1. The van der Waals surface area contributed by atoms with Crippen LogP contribution in [0.15, 0.2) is 30.6 Å². The van der Waals surface area contributed by atoms with Crippen LogP contribution >= 0.6 is 0 Å². The van der Waals surface area contributed by atoms with Crippen LogP contribution in [0, 0.1) is 5.82 Å². The van der Waals surface area contributed by atoms with E-state index in [-0.39, 0.29) is 11.7 Å². The minimum absolute atomic E-state index is 0.125. The van der Waals surface area contributed by atoms with E-state index in [2.05, 4.69) is 9.97 Å². The molecule has 0 aliphatic heterocycles. The average Bonchev–Trinajstić information content (AvgIpc) is 2.41. The first kappa shape index (κ1) is 13.7. The van der Waals surface area contributed by atoms with E-state index in [1.165, 1.54) is 31.5 Å². The van der Waals surface area contributed by atoms with Gasteiger partial charge in [0.1, 0.15) is 0 Å². The molecule has 7 heteroatoms. The first-order chi connectivity index (χ1) is 9.47. The van der Waals surface area contributed by atoms with Gasteiger partial charge in [-0.05, 0) is 24.6 Å². The Balaban J connectivity index is 2.25. The number of halogens is 1. The zero-order valence-electron chi connectivity index (χ0n) is 10.6. The van der Waals surface area contributed by atoms with Gasteiger partial charge in [-0.3, -0.25) is 0 Å². The topological polar surface area (TPSA) is 98.3 Å². The quantitative estimate of drug-likeness (QED) is 0.882. The molecule has 1 heterocycles. The zero-order chi connectivity index (χ0) is 14.7. The van der Waals surface area contributed by atoms with Gasteiger partial charge >= 0.3 is 5.97 Å². The number of rotatable bonds is 4. The van der Waals surface area contributed by atoms with Gasteiger partial charge in [-0.2, -0.15) is 0 Å². The highest BCUT2D eigenvalue weighted by Crippen LogP contribution is 2.25. The molecule has 1 atom stereocenters. The molecule has 3 N–H and O–H groups in total. The number of aromatic nitrogens is 2. The summed E-state index contributed by atoms with van der Waals surface area (Å²) in [6.45, 7) is 1.32. The Bertz CT molecular complexity index is 631. The molecule has 1 aromatic carbocycles. The SMILES string of the molecule is CC(Oc1ccc(-c2cnc(N)nc2)cc1F)C(=O)O. The fraction of sp³-hybridized carbons (Fsp3) is 0.154. The summed E-state index contributed by atoms with van der Waals surface area (Å²) in [5.41, 5.74) is 6.50. The predicted molar refractivity (Wildman–Crippen MR) is 69.6 cm³/mol. The van der Waals surface area contributed by atoms with E-state index in [1.54, 1.807) is 6.07 Å². The van der Waals surface area contributed by atoms with Gasteiger partial charge in [0, 0.05) is 18.0 Å². The molecule has 1 aromatic heterocycles. The van der Waals surface area contributed by atoms with Crippen LogP contribution in [0.3, 0.4) is 0 Å². The van der Waals surface area contributed by atoms with E-state index in [0.29, 0.717) is 11.1 Å². The number of anilines is 1. The maximum Gasteiger partial charge on any atom is 0.344 e. The Morgan fingerprint density at radius 3 is 2.55 bits per heavy atom. The monoisotopic (exact) mass is 277 g/mol. The standard InChI is InChI=1S/C13H12FN3O3/c1-7(12(18)19)20-11-3-2-8(4-10(11)14)9-5-16-13(15)17-6-9/h2-7H,1H3,(H,18,19)(H2,15,16,17). The molecule has 6 nitrogen and oxygen atoms in total. The highest BCUT2D eigenvalue weighted by atomic mass is 19.1. The summed E-state index contributed by atoms with van der Waals surface area (Å²) >= 11 is 0. The van der Waals surface area contributed by atoms with Gasteiger partial charge in [0.05, 0.1) is 0 Å². The van der Waals surface area contributed by atoms with Crippen LogP contribution in [-0.4, -0.2) is 27.1 Å². The Morgan fingerprint density at radius 1 is 1.35 bits per heavy atom. The van der Waals surface area contributed by atoms with Gasteiger partial charge in [0.25, 0.3) is 0 Å². The van der Waals surface area contributed by atoms with Crippen molar-refractivity contribution in [2.75, 3.05) is 5.73 Å². The number of carbonyl (C=O) groups is 1. The number of nitrogens with zero attached hydrogens (tertiary/aromatic N) is 2. The second-order valence-corrected chi connectivity index (χ2v) is 4.07. The summed E-state index contributed by atoms with van der Waals surface area (Å²) in [7, 11) is 0. The maximum atomic E-state index is 13.9. The molecular weight excluding hydrogens is 265 g/mol. The Kier molecular flexibility index (Phi) is 3.79. The third-order valence-corrected chi connectivity index (χ3v) is 2.59. The fourth-order valence-corrected chi connectivity index (χ4v) is 1.50. The molecule has 0 saturated heterocycles. The predicted octanol–water partition coefficient (Wildman–Crippen LogP) is 1.72. The number of hydrogen-bond donors (Lipinski definition) is 2. The Morgan fingerprint density at radius 2 is 2.00 bits per heavy atom. The van der Waals surface area contributed by atoms with Crippen LogP contribution in [0.25, 0.3) is 11.1 Å². The van der Waals surface area contributed by atoms with Gasteiger partial charge in [0.2, 0.25) is 5.95 Å². The van der Waals surface area contributed by atoms with Crippen molar-refractivity contribution in [1.29, 1.82) is 0 Å². The van der Waals surface area contributed by atoms with Crippen LogP contribution in [0.5, 0.6) is 5.75 Å². The molecule has 0 radical (unpaired) electrons. The normalized spacial score (nSPS) is 11.9. The van der Waals surface area contributed by atoms with Crippen molar-refractivity contribution in [2.45, 2.75) is 13.0 Å². The summed E-state index contributed by atoms with van der Waals surface area (Å²) in [4.78, 5) is 18.3. The maximum absolute atomic E-state index is 13.9. The molecule has 2 aromatic rings. The molecule has 20 heavy (non-hydrogen) atoms. The molecule has 1 unspecified atom stereocenters. The molecule has 2 rings (SSSR count). The first-order valence-corrected chi connectivity index (χ1v) is 5.74. The van der Waals surface area contributed by atoms with Crippen molar-refractivity contribution in [3.05, 3.63) is 36.4 Å². The van der Waals surface area contributed by atoms with E-state index in [0.717, 1.165) is 0 Å². The lowest BCUT2D eigenvalue weighted by molar-refractivity contribution is -0.144. The van der Waals surface area contributed by atoms with E-state index < -0.39 is 17.9 Å². The molecule has 0 saturated carbocycles. The number of benzene rings is 1. The molecule has 0 amide bonds. The van der Waals surface area contributed by atoms with Gasteiger partial charge in [0.15, 0.2) is 17.7 Å². The van der Waals surface area contributed by atoms with E-state index in [1.807, 2.05) is 0 Å². The average molecular weight is 277 g/mol. The number of aliphatic carboxylic acids is 1. The van der Waals surface area contributed by atoms with Crippen molar-refractivity contribution in [1.82, 2.24) is 9.97 Å². The second-order valence-electron chi connectivity index (χ2n) is 4.07. The van der Waals surface area contributed by atoms with Gasteiger partial charge in [-0.15, -0.1) is 0 Å². The Hall–Kier alpha value is -2.70. The number of carboxylic acid groups (broad SMARTS) is 1. The Labute approximate surface area is 114 Å². The first-order valence-electron chi connectivity index (χ1n) is 5.74. The minimum Gasteiger partial charge on any atom is -0.479 e. The molecule has 104 valence electrons. The molecule has 0 spiro atoms. The van der Waals surface area contributed by atoms with Gasteiger partial charge in [-0.1, -0.05) is 6.07 Å². The second kappa shape index (κ2) is 5.52. The molecule has 0 aliphatic rings. The fourth-order valence-electron chi connectivity index (χ4n) is 1.50. The molecular formula is C13H12FN3O3. The van der Waals surface area contributed by atoms with Crippen LogP contribution in [0.1, 0.15) is 6.92 Å². The number of hydrogen-bond acceptors (Lipinski definition) is 5. The van der Waals surface area contributed by atoms with Gasteiger partial charge in [-0.25, -0.2) is 19.2 Å². The van der Waals surface area contributed by atoms with Crippen LogP contribution in [0.4, 0.5) is 10.3 Å². The summed E-state index contributed by atoms with van der Waals surface area (Å²) in [5, 5.41) is 8.72. The van der Waals surface area contributed by atoms with Crippen molar-refractivity contribution >= 4 is 11.9 Å². The lowest BCUT2D eigenvalue weighted by Crippen LogP contribution is -2.23. The van der Waals surface area contributed by atoms with E-state index in [9.17, 15) is 9.18 Å². The summed E-state index contributed by atoms with van der Waals surface area (Å²) in [6, 6.07) is 4.17. The smallest absolute Gasteiger partial charge is 0.344 e. The van der Waals surface area contributed by atoms with Crippen LogP contribution in [0.2, 0.25) is 0 Å². The van der Waals surface area contributed by atoms with Crippen LogP contribution in [-0.2, 0) is 4.79 Å². The summed E-state index contributed by atoms with van der Waals surface area (Å²) in [6.07, 6.45) is 1.81. The highest BCUT2D eigenvalue weighted by Gasteiger charge is 2.15. The molecule has 0 aliphatic carbocycles. The third-order valence-electron chi connectivity index (χ3n) is 2.59. The minimum atomic E-state index is -1.17. The van der Waals surface area contributed by atoms with Crippen LogP contribution < -0.4 is 10.5 Å². The molecule has 0 bridgehead atoms. The lowest BCUT2D eigenvalue weighted by atomic mass is 10.1. The van der Waals surface area contributed by atoms with Gasteiger partial charge < -0.3 is 15.6 Å². The number of nitrogens with two attached hydrogens (primary N) is 1. The van der Waals surface area contributed by atoms with Crippen molar-refractivity contribution in [3.63, 3.8) is 0 Å². The third kappa shape index (κ3) is 3.00. The van der Waals surface area contributed by atoms with Crippen molar-refractivity contribution < 1.29 is 19.0 Å². The highest BCUT2D eigenvalue weighted by molar-refractivity contribution is 5.72. The number of ether oxygens (including phenoxy) is 1. The van der Waals surface area contributed by atoms with Crippen molar-refractivity contribution in [3.8, 4) is 16.9 Å².